The third kappa shape index (κ3) is 3.30. The molecular formula is C20H28N4O2. The van der Waals surface area contributed by atoms with E-state index in [2.05, 4.69) is 14.8 Å². The van der Waals surface area contributed by atoms with Gasteiger partial charge in [-0.2, -0.15) is 4.98 Å². The number of rotatable bonds is 3. The van der Waals surface area contributed by atoms with Crippen molar-refractivity contribution in [2.45, 2.75) is 51.1 Å². The van der Waals surface area contributed by atoms with Crippen LogP contribution in [0, 0.1) is 5.92 Å². The highest BCUT2D eigenvalue weighted by molar-refractivity contribution is 5.80. The van der Waals surface area contributed by atoms with Crippen LogP contribution in [0.4, 0.5) is 6.01 Å². The van der Waals surface area contributed by atoms with Crippen LogP contribution in [-0.2, 0) is 4.79 Å². The largest absolute Gasteiger partial charge is 0.423 e. The topological polar surface area (TPSA) is 75.6 Å². The molecule has 1 aromatic carbocycles. The molecule has 26 heavy (non-hydrogen) atoms. The lowest BCUT2D eigenvalue weighted by Gasteiger charge is -2.41. The number of oxazole rings is 1. The Morgan fingerprint density at radius 3 is 2.69 bits per heavy atom. The molecule has 0 bridgehead atoms. The summed E-state index contributed by atoms with van der Waals surface area (Å²) in [6.45, 7) is 4.49. The number of carbonyl (C=O) groups excluding carboxylic acids is 1. The second kappa shape index (κ2) is 7.27. The summed E-state index contributed by atoms with van der Waals surface area (Å²) in [4.78, 5) is 21.9. The van der Waals surface area contributed by atoms with Gasteiger partial charge in [-0.05, 0) is 51.2 Å². The molecule has 2 fully saturated rings. The SMILES string of the molecule is CC(N)C1CCCCN1C(=O)C1CCN(c2nc3ccccc3o2)CC1. The fourth-order valence-electron chi connectivity index (χ4n) is 4.33. The van der Waals surface area contributed by atoms with Gasteiger partial charge in [-0.25, -0.2) is 0 Å². The molecule has 4 rings (SSSR count). The van der Waals surface area contributed by atoms with Crippen LogP contribution in [0.25, 0.3) is 11.1 Å². The molecule has 1 aromatic heterocycles. The van der Waals surface area contributed by atoms with E-state index in [1.807, 2.05) is 31.2 Å². The predicted molar refractivity (Wildman–Crippen MR) is 102 cm³/mol. The van der Waals surface area contributed by atoms with Gasteiger partial charge in [0.15, 0.2) is 5.58 Å². The molecule has 2 aliphatic heterocycles. The first-order valence-electron chi connectivity index (χ1n) is 9.80. The van der Waals surface area contributed by atoms with Gasteiger partial charge in [0, 0.05) is 37.6 Å². The predicted octanol–water partition coefficient (Wildman–Crippen LogP) is 2.77. The number of likely N-dealkylation sites (tertiary alicyclic amines) is 1. The highest BCUT2D eigenvalue weighted by Gasteiger charge is 2.35. The van der Waals surface area contributed by atoms with Gasteiger partial charge in [-0.3, -0.25) is 4.79 Å². The maximum atomic E-state index is 13.1. The van der Waals surface area contributed by atoms with Gasteiger partial charge in [-0.1, -0.05) is 12.1 Å². The number of anilines is 1. The standard InChI is InChI=1S/C20H28N4O2/c1-14(21)17-7-4-5-11-24(17)19(25)15-9-12-23(13-10-15)20-22-16-6-2-3-8-18(16)26-20/h2-3,6,8,14-15,17H,4-5,7,9-13,21H2,1H3. The van der Waals surface area contributed by atoms with Gasteiger partial charge in [0.2, 0.25) is 5.91 Å². The van der Waals surface area contributed by atoms with Crippen molar-refractivity contribution in [2.24, 2.45) is 11.7 Å². The number of hydrogen-bond acceptors (Lipinski definition) is 5. The van der Waals surface area contributed by atoms with Crippen LogP contribution in [-0.4, -0.2) is 47.5 Å². The van der Waals surface area contributed by atoms with Crippen LogP contribution < -0.4 is 10.6 Å². The Kier molecular flexibility index (Phi) is 4.85. The van der Waals surface area contributed by atoms with Gasteiger partial charge in [0.1, 0.15) is 5.52 Å². The quantitative estimate of drug-likeness (QED) is 0.915. The Morgan fingerprint density at radius 2 is 1.96 bits per heavy atom. The normalized spacial score (nSPS) is 23.4. The Bertz CT molecular complexity index is 731. The van der Waals surface area contributed by atoms with Crippen molar-refractivity contribution in [3.63, 3.8) is 0 Å². The molecule has 1 amide bonds. The molecule has 2 aliphatic rings. The summed E-state index contributed by atoms with van der Waals surface area (Å²) in [5.74, 6) is 0.388. The molecule has 2 aromatic rings. The molecule has 2 saturated heterocycles. The summed E-state index contributed by atoms with van der Waals surface area (Å²) < 4.78 is 5.87. The molecule has 6 nitrogen and oxygen atoms in total. The monoisotopic (exact) mass is 356 g/mol. The summed E-state index contributed by atoms with van der Waals surface area (Å²) in [6, 6.07) is 8.73. The first kappa shape index (κ1) is 17.3. The van der Waals surface area contributed by atoms with Crippen molar-refractivity contribution < 1.29 is 9.21 Å². The minimum atomic E-state index is 0.0408. The number of hydrogen-bond donors (Lipinski definition) is 1. The molecule has 2 unspecified atom stereocenters. The maximum absolute atomic E-state index is 13.1. The first-order chi connectivity index (χ1) is 12.6. The zero-order valence-corrected chi connectivity index (χ0v) is 15.4. The smallest absolute Gasteiger partial charge is 0.298 e. The van der Waals surface area contributed by atoms with Gasteiger partial charge in [-0.15, -0.1) is 0 Å². The number of nitrogens with two attached hydrogens (primary N) is 1. The Labute approximate surface area is 154 Å². The van der Waals surface area contributed by atoms with Gasteiger partial charge >= 0.3 is 0 Å². The van der Waals surface area contributed by atoms with Gasteiger partial charge in [0.05, 0.1) is 0 Å². The summed E-state index contributed by atoms with van der Waals surface area (Å²) in [5, 5.41) is 0. The third-order valence-corrected chi connectivity index (χ3v) is 5.84. The second-order valence-electron chi connectivity index (χ2n) is 7.68. The average Bonchev–Trinajstić information content (AvgIpc) is 3.12. The van der Waals surface area contributed by atoms with Gasteiger partial charge in [0.25, 0.3) is 6.01 Å². The van der Waals surface area contributed by atoms with Crippen molar-refractivity contribution >= 4 is 23.0 Å². The number of para-hydroxylation sites is 2. The number of aromatic nitrogens is 1. The van der Waals surface area contributed by atoms with Crippen molar-refractivity contribution in [3.8, 4) is 0 Å². The first-order valence-corrected chi connectivity index (χ1v) is 9.80. The number of piperidine rings is 2. The van der Waals surface area contributed by atoms with Crippen LogP contribution in [0.3, 0.4) is 0 Å². The Balaban J connectivity index is 1.40. The van der Waals surface area contributed by atoms with Gasteiger partial charge < -0.3 is 20.0 Å². The highest BCUT2D eigenvalue weighted by atomic mass is 16.4. The molecule has 2 atom stereocenters. The molecule has 6 heteroatoms. The number of carbonyl (C=O) groups is 1. The Hall–Kier alpha value is -2.08. The van der Waals surface area contributed by atoms with Crippen molar-refractivity contribution in [1.29, 1.82) is 0 Å². The summed E-state index contributed by atoms with van der Waals surface area (Å²) in [6.07, 6.45) is 4.99. The number of nitrogens with zero attached hydrogens (tertiary/aromatic N) is 3. The fourth-order valence-corrected chi connectivity index (χ4v) is 4.33. The zero-order chi connectivity index (χ0) is 18.1. The summed E-state index contributed by atoms with van der Waals surface area (Å²) in [7, 11) is 0. The number of benzene rings is 1. The molecule has 2 N–H and O–H groups in total. The van der Waals surface area contributed by atoms with Crippen molar-refractivity contribution in [1.82, 2.24) is 9.88 Å². The van der Waals surface area contributed by atoms with E-state index in [0.29, 0.717) is 11.9 Å². The second-order valence-corrected chi connectivity index (χ2v) is 7.68. The van der Waals surface area contributed by atoms with Crippen molar-refractivity contribution in [2.75, 3.05) is 24.5 Å². The van der Waals surface area contributed by atoms with E-state index in [9.17, 15) is 4.79 Å². The third-order valence-electron chi connectivity index (χ3n) is 5.84. The number of amides is 1. The van der Waals surface area contributed by atoms with Crippen LogP contribution in [0.1, 0.15) is 39.0 Å². The van der Waals surface area contributed by atoms with Crippen LogP contribution >= 0.6 is 0 Å². The lowest BCUT2D eigenvalue weighted by molar-refractivity contribution is -0.140. The lowest BCUT2D eigenvalue weighted by atomic mass is 9.91. The number of fused-ring (bicyclic) bond motifs is 1. The molecule has 0 spiro atoms. The van der Waals surface area contributed by atoms with E-state index in [-0.39, 0.29) is 18.0 Å². The summed E-state index contributed by atoms with van der Waals surface area (Å²) >= 11 is 0. The van der Waals surface area contributed by atoms with E-state index >= 15 is 0 Å². The van der Waals surface area contributed by atoms with Crippen LogP contribution in [0.2, 0.25) is 0 Å². The molecule has 0 radical (unpaired) electrons. The zero-order valence-electron chi connectivity index (χ0n) is 15.4. The Morgan fingerprint density at radius 1 is 1.19 bits per heavy atom. The van der Waals surface area contributed by atoms with E-state index < -0.39 is 0 Å². The molecular weight excluding hydrogens is 328 g/mol. The minimum absolute atomic E-state index is 0.0408. The maximum Gasteiger partial charge on any atom is 0.298 e. The van der Waals surface area contributed by atoms with Crippen LogP contribution in [0.5, 0.6) is 0 Å². The van der Waals surface area contributed by atoms with Crippen molar-refractivity contribution in [3.05, 3.63) is 24.3 Å². The average molecular weight is 356 g/mol. The molecule has 0 aliphatic carbocycles. The minimum Gasteiger partial charge on any atom is -0.423 e. The molecule has 140 valence electrons. The lowest BCUT2D eigenvalue weighted by Crippen LogP contribution is -2.54. The molecule has 3 heterocycles. The fraction of sp³-hybridized carbons (Fsp3) is 0.600. The van der Waals surface area contributed by atoms with E-state index in [1.54, 1.807) is 0 Å². The molecule has 0 saturated carbocycles. The van der Waals surface area contributed by atoms with E-state index in [1.165, 1.54) is 6.42 Å². The van der Waals surface area contributed by atoms with E-state index in [4.69, 9.17) is 10.2 Å². The van der Waals surface area contributed by atoms with Crippen LogP contribution in [0.15, 0.2) is 28.7 Å². The van der Waals surface area contributed by atoms with E-state index in [0.717, 1.165) is 56.4 Å². The highest BCUT2D eigenvalue weighted by Crippen LogP contribution is 2.29. The summed E-state index contributed by atoms with van der Waals surface area (Å²) in [5.41, 5.74) is 7.83.